The summed E-state index contributed by atoms with van der Waals surface area (Å²) < 4.78 is 5.14. The molecule has 28 heavy (non-hydrogen) atoms. The van der Waals surface area contributed by atoms with Crippen molar-refractivity contribution >= 4 is 29.3 Å². The molecule has 6 heteroatoms. The van der Waals surface area contributed by atoms with Crippen molar-refractivity contribution in [2.45, 2.75) is 30.7 Å². The van der Waals surface area contributed by atoms with Crippen molar-refractivity contribution in [3.63, 3.8) is 0 Å². The summed E-state index contributed by atoms with van der Waals surface area (Å²) in [7, 11) is 1.60. The number of hydrogen-bond donors (Lipinski definition) is 1. The largest absolute Gasteiger partial charge is 0.497 e. The Labute approximate surface area is 170 Å². The lowest BCUT2D eigenvalue weighted by molar-refractivity contribution is -0.139. The molecule has 2 aromatic carbocycles. The molecule has 0 spiro atoms. The summed E-state index contributed by atoms with van der Waals surface area (Å²) in [6.07, 6.45) is 1.55. The number of nitrogens with zero attached hydrogens (tertiary/aromatic N) is 1. The van der Waals surface area contributed by atoms with Crippen molar-refractivity contribution in [1.29, 1.82) is 0 Å². The van der Waals surface area contributed by atoms with Gasteiger partial charge in [-0.2, -0.15) is 0 Å². The zero-order chi connectivity index (χ0) is 19.9. The topological polar surface area (TPSA) is 58.6 Å². The molecule has 2 atom stereocenters. The second kappa shape index (κ2) is 9.64. The molecule has 0 aliphatic carbocycles. The van der Waals surface area contributed by atoms with Crippen LogP contribution in [0.5, 0.6) is 5.75 Å². The van der Waals surface area contributed by atoms with Gasteiger partial charge in [0, 0.05) is 28.8 Å². The fraction of sp³-hybridized carbons (Fsp3) is 0.364. The summed E-state index contributed by atoms with van der Waals surface area (Å²) in [6, 6.07) is 16.9. The number of amides is 2. The van der Waals surface area contributed by atoms with Crippen molar-refractivity contribution in [1.82, 2.24) is 4.90 Å². The maximum atomic E-state index is 12.9. The number of rotatable bonds is 7. The van der Waals surface area contributed by atoms with E-state index in [0.717, 1.165) is 17.1 Å². The lowest BCUT2D eigenvalue weighted by Crippen LogP contribution is -2.45. The number of likely N-dealkylation sites (tertiary alicyclic amines) is 1. The van der Waals surface area contributed by atoms with Crippen LogP contribution in [-0.4, -0.2) is 42.2 Å². The van der Waals surface area contributed by atoms with Crippen molar-refractivity contribution in [3.8, 4) is 5.75 Å². The number of anilines is 1. The molecule has 0 aromatic heterocycles. The average Bonchev–Trinajstić information content (AvgIpc) is 3.23. The van der Waals surface area contributed by atoms with E-state index in [2.05, 4.69) is 5.32 Å². The fourth-order valence-corrected chi connectivity index (χ4v) is 4.23. The third-order valence-electron chi connectivity index (χ3n) is 4.86. The third-order valence-corrected chi connectivity index (χ3v) is 6.13. The van der Waals surface area contributed by atoms with E-state index in [9.17, 15) is 9.59 Å². The summed E-state index contributed by atoms with van der Waals surface area (Å²) in [5, 5.41) is 2.92. The van der Waals surface area contributed by atoms with Crippen LogP contribution in [0.1, 0.15) is 19.8 Å². The number of carbonyl (C=O) groups excluding carboxylic acids is 2. The summed E-state index contributed by atoms with van der Waals surface area (Å²) in [4.78, 5) is 28.6. The van der Waals surface area contributed by atoms with E-state index in [-0.39, 0.29) is 17.7 Å². The van der Waals surface area contributed by atoms with E-state index in [0.29, 0.717) is 24.4 Å². The lowest BCUT2D eigenvalue weighted by atomic mass is 10.1. The standard InChI is InChI=1S/C22H26N2O3S/c1-16(15-28-19-7-4-3-5-8-19)22(26)24-14-6-9-20(24)21(25)23-17-10-12-18(27-2)13-11-17/h3-5,7-8,10-13,16,20H,6,9,14-15H2,1-2H3,(H,23,25). The molecule has 0 radical (unpaired) electrons. The average molecular weight is 399 g/mol. The molecule has 0 bridgehead atoms. The number of carbonyl (C=O) groups is 2. The highest BCUT2D eigenvalue weighted by molar-refractivity contribution is 7.99. The first kappa shape index (κ1) is 20.3. The van der Waals surface area contributed by atoms with Gasteiger partial charge in [-0.15, -0.1) is 11.8 Å². The minimum absolute atomic E-state index is 0.0517. The summed E-state index contributed by atoms with van der Waals surface area (Å²) in [6.45, 7) is 2.58. The molecular weight excluding hydrogens is 372 g/mol. The van der Waals surface area contributed by atoms with E-state index in [1.807, 2.05) is 37.3 Å². The molecule has 1 fully saturated rings. The van der Waals surface area contributed by atoms with Crippen LogP contribution in [0.2, 0.25) is 0 Å². The molecule has 1 heterocycles. The van der Waals surface area contributed by atoms with Crippen molar-refractivity contribution in [2.75, 3.05) is 24.7 Å². The summed E-state index contributed by atoms with van der Waals surface area (Å²) in [5.74, 6) is 1.22. The highest BCUT2D eigenvalue weighted by Crippen LogP contribution is 2.25. The predicted octanol–water partition coefficient (Wildman–Crippen LogP) is 4.05. The minimum Gasteiger partial charge on any atom is -0.497 e. The summed E-state index contributed by atoms with van der Waals surface area (Å²) in [5.41, 5.74) is 0.706. The molecule has 3 rings (SSSR count). The van der Waals surface area contributed by atoms with E-state index in [4.69, 9.17) is 4.74 Å². The van der Waals surface area contributed by atoms with E-state index in [1.54, 1.807) is 48.0 Å². The number of thioether (sulfide) groups is 1. The molecule has 2 aromatic rings. The normalized spacial score (nSPS) is 17.2. The number of hydrogen-bond acceptors (Lipinski definition) is 4. The molecule has 148 valence electrons. The molecular formula is C22H26N2O3S. The van der Waals surface area contributed by atoms with Crippen LogP contribution >= 0.6 is 11.8 Å². The first-order chi connectivity index (χ1) is 13.6. The van der Waals surface area contributed by atoms with Gasteiger partial charge in [0.25, 0.3) is 0 Å². The highest BCUT2D eigenvalue weighted by atomic mass is 32.2. The summed E-state index contributed by atoms with van der Waals surface area (Å²) >= 11 is 1.67. The molecule has 1 N–H and O–H groups in total. The maximum absolute atomic E-state index is 12.9. The Morgan fingerprint density at radius 1 is 1.18 bits per heavy atom. The number of methoxy groups -OCH3 is 1. The van der Waals surface area contributed by atoms with Gasteiger partial charge in [0.05, 0.1) is 7.11 Å². The number of nitrogens with one attached hydrogen (secondary N) is 1. The van der Waals surface area contributed by atoms with Crippen LogP contribution in [0.15, 0.2) is 59.5 Å². The van der Waals surface area contributed by atoms with Crippen molar-refractivity contribution in [3.05, 3.63) is 54.6 Å². The van der Waals surface area contributed by atoms with Crippen LogP contribution < -0.4 is 10.1 Å². The Morgan fingerprint density at radius 2 is 1.89 bits per heavy atom. The van der Waals surface area contributed by atoms with Crippen LogP contribution in [0.3, 0.4) is 0 Å². The van der Waals surface area contributed by atoms with Gasteiger partial charge in [0.2, 0.25) is 11.8 Å². The SMILES string of the molecule is COc1ccc(NC(=O)C2CCCN2C(=O)C(C)CSc2ccccc2)cc1. The highest BCUT2D eigenvalue weighted by Gasteiger charge is 2.35. The number of benzene rings is 2. The molecule has 5 nitrogen and oxygen atoms in total. The quantitative estimate of drug-likeness (QED) is 0.715. The Hall–Kier alpha value is -2.47. The van der Waals surface area contributed by atoms with Crippen LogP contribution in [0.25, 0.3) is 0 Å². The Balaban J connectivity index is 1.57. The zero-order valence-corrected chi connectivity index (χ0v) is 17.1. The lowest BCUT2D eigenvalue weighted by Gasteiger charge is -2.26. The molecule has 1 aliphatic heterocycles. The zero-order valence-electron chi connectivity index (χ0n) is 16.3. The van der Waals surface area contributed by atoms with Crippen LogP contribution in [0.4, 0.5) is 5.69 Å². The Kier molecular flexibility index (Phi) is 6.98. The van der Waals surface area contributed by atoms with Gasteiger partial charge in [-0.05, 0) is 49.2 Å². The minimum atomic E-state index is -0.404. The molecule has 1 saturated heterocycles. The predicted molar refractivity (Wildman–Crippen MR) is 113 cm³/mol. The van der Waals surface area contributed by atoms with Gasteiger partial charge < -0.3 is 15.0 Å². The first-order valence-electron chi connectivity index (χ1n) is 9.51. The number of ether oxygens (including phenoxy) is 1. The second-order valence-electron chi connectivity index (χ2n) is 6.93. The van der Waals surface area contributed by atoms with Gasteiger partial charge in [-0.25, -0.2) is 0 Å². The molecule has 2 amide bonds. The van der Waals surface area contributed by atoms with E-state index < -0.39 is 6.04 Å². The van der Waals surface area contributed by atoms with Gasteiger partial charge in [-0.3, -0.25) is 9.59 Å². The smallest absolute Gasteiger partial charge is 0.247 e. The van der Waals surface area contributed by atoms with Gasteiger partial charge in [0.1, 0.15) is 11.8 Å². The fourth-order valence-electron chi connectivity index (χ4n) is 3.30. The van der Waals surface area contributed by atoms with E-state index in [1.165, 1.54) is 0 Å². The van der Waals surface area contributed by atoms with Crippen molar-refractivity contribution in [2.24, 2.45) is 5.92 Å². The molecule has 2 unspecified atom stereocenters. The van der Waals surface area contributed by atoms with E-state index >= 15 is 0 Å². The third kappa shape index (κ3) is 5.07. The maximum Gasteiger partial charge on any atom is 0.247 e. The van der Waals surface area contributed by atoms with Gasteiger partial charge in [-0.1, -0.05) is 25.1 Å². The monoisotopic (exact) mass is 398 g/mol. The molecule has 0 saturated carbocycles. The Morgan fingerprint density at radius 3 is 2.57 bits per heavy atom. The first-order valence-corrected chi connectivity index (χ1v) is 10.5. The van der Waals surface area contributed by atoms with Crippen LogP contribution in [-0.2, 0) is 9.59 Å². The van der Waals surface area contributed by atoms with Crippen molar-refractivity contribution < 1.29 is 14.3 Å². The van der Waals surface area contributed by atoms with Crippen LogP contribution in [0, 0.1) is 5.92 Å². The Bertz CT molecular complexity index is 795. The second-order valence-corrected chi connectivity index (χ2v) is 8.03. The molecule has 1 aliphatic rings. The van der Waals surface area contributed by atoms with Gasteiger partial charge >= 0.3 is 0 Å². The van der Waals surface area contributed by atoms with Gasteiger partial charge in [0.15, 0.2) is 0 Å².